The Morgan fingerprint density at radius 2 is 1.91 bits per heavy atom. The quantitative estimate of drug-likeness (QED) is 0.276. The average molecular weight is 486 g/mol. The van der Waals surface area contributed by atoms with Gasteiger partial charge >= 0.3 is 5.97 Å². The molecule has 0 bridgehead atoms. The number of rotatable bonds is 11. The number of nitrogens with zero attached hydrogens (tertiary/aromatic N) is 1. The number of ketones is 1. The minimum absolute atomic E-state index is 0.0161. The number of aryl methyl sites for hydroxylation is 1. The standard InChI is InChI=1S/C25H24ClNO5S/c1-16-14-19(8-9-21(16)33-15-22(28)29)31-13-11-17(2)32-25-23(20(26)10-12-27-25)24(30)18-6-4-3-5-7-18/h3-10,12,14,17H,11,13,15H2,1-2H3,(H,28,29). The molecule has 0 radical (unpaired) electrons. The summed E-state index contributed by atoms with van der Waals surface area (Å²) in [5.41, 5.74) is 1.70. The maximum Gasteiger partial charge on any atom is 0.313 e. The molecule has 0 aliphatic rings. The Morgan fingerprint density at radius 3 is 2.61 bits per heavy atom. The summed E-state index contributed by atoms with van der Waals surface area (Å²) in [7, 11) is 0. The first-order chi connectivity index (χ1) is 15.8. The van der Waals surface area contributed by atoms with Crippen LogP contribution in [0.5, 0.6) is 11.6 Å². The van der Waals surface area contributed by atoms with E-state index in [-0.39, 0.29) is 34.1 Å². The molecule has 2 aromatic carbocycles. The molecule has 1 unspecified atom stereocenters. The third-order valence-electron chi connectivity index (χ3n) is 4.73. The molecule has 0 spiro atoms. The Bertz CT molecular complexity index is 1120. The summed E-state index contributed by atoms with van der Waals surface area (Å²) in [6.45, 7) is 4.18. The number of thioether (sulfide) groups is 1. The van der Waals surface area contributed by atoms with Gasteiger partial charge in [0.1, 0.15) is 17.4 Å². The highest BCUT2D eigenvalue weighted by molar-refractivity contribution is 8.00. The van der Waals surface area contributed by atoms with Gasteiger partial charge in [-0.25, -0.2) is 4.98 Å². The number of ether oxygens (including phenoxy) is 2. The van der Waals surface area contributed by atoms with E-state index in [0.29, 0.717) is 24.3 Å². The van der Waals surface area contributed by atoms with Gasteiger partial charge in [-0.2, -0.15) is 0 Å². The largest absolute Gasteiger partial charge is 0.493 e. The lowest BCUT2D eigenvalue weighted by molar-refractivity contribution is -0.133. The molecule has 3 aromatic rings. The number of pyridine rings is 1. The number of carboxylic acids is 1. The van der Waals surface area contributed by atoms with Crippen LogP contribution >= 0.6 is 23.4 Å². The fraction of sp³-hybridized carbons (Fsp3) is 0.240. The van der Waals surface area contributed by atoms with E-state index in [2.05, 4.69) is 4.98 Å². The Labute approximate surface area is 201 Å². The monoisotopic (exact) mass is 485 g/mol. The van der Waals surface area contributed by atoms with Gasteiger partial charge in [0.15, 0.2) is 5.78 Å². The average Bonchev–Trinajstić information content (AvgIpc) is 2.79. The van der Waals surface area contributed by atoms with Crippen LogP contribution in [-0.4, -0.2) is 40.3 Å². The molecule has 33 heavy (non-hydrogen) atoms. The van der Waals surface area contributed by atoms with E-state index in [0.717, 1.165) is 10.5 Å². The van der Waals surface area contributed by atoms with Crippen LogP contribution < -0.4 is 9.47 Å². The number of carbonyl (C=O) groups excluding carboxylic acids is 1. The van der Waals surface area contributed by atoms with Gasteiger partial charge in [0, 0.05) is 23.1 Å². The van der Waals surface area contributed by atoms with Crippen LogP contribution in [0.25, 0.3) is 0 Å². The van der Waals surface area contributed by atoms with Gasteiger partial charge in [0.2, 0.25) is 5.88 Å². The van der Waals surface area contributed by atoms with Crippen molar-refractivity contribution in [2.24, 2.45) is 0 Å². The van der Waals surface area contributed by atoms with Gasteiger partial charge in [-0.1, -0.05) is 41.9 Å². The molecule has 0 fully saturated rings. The van der Waals surface area contributed by atoms with Crippen LogP contribution in [-0.2, 0) is 4.79 Å². The number of aromatic nitrogens is 1. The van der Waals surface area contributed by atoms with Crippen LogP contribution in [0.4, 0.5) is 0 Å². The van der Waals surface area contributed by atoms with Gasteiger partial charge in [0.05, 0.1) is 17.4 Å². The summed E-state index contributed by atoms with van der Waals surface area (Å²) in [6.07, 6.45) is 1.79. The van der Waals surface area contributed by atoms with Crippen molar-refractivity contribution in [3.05, 3.63) is 82.5 Å². The fourth-order valence-corrected chi connectivity index (χ4v) is 4.01. The van der Waals surface area contributed by atoms with E-state index < -0.39 is 5.97 Å². The van der Waals surface area contributed by atoms with Crippen LogP contribution in [0.15, 0.2) is 65.7 Å². The van der Waals surface area contributed by atoms with E-state index in [1.165, 1.54) is 18.0 Å². The molecule has 8 heteroatoms. The minimum Gasteiger partial charge on any atom is -0.493 e. The van der Waals surface area contributed by atoms with E-state index in [1.54, 1.807) is 30.3 Å². The lowest BCUT2D eigenvalue weighted by Gasteiger charge is -2.17. The summed E-state index contributed by atoms with van der Waals surface area (Å²) in [5.74, 6) is -0.193. The molecule has 1 atom stereocenters. The first-order valence-corrected chi connectivity index (χ1v) is 11.7. The van der Waals surface area contributed by atoms with Crippen molar-refractivity contribution in [3.8, 4) is 11.6 Å². The predicted octanol–water partition coefficient (Wildman–Crippen LogP) is 5.69. The molecule has 6 nitrogen and oxygen atoms in total. The number of benzene rings is 2. The summed E-state index contributed by atoms with van der Waals surface area (Å²) in [6, 6.07) is 16.0. The molecule has 0 amide bonds. The molecule has 0 aliphatic heterocycles. The van der Waals surface area contributed by atoms with E-state index in [1.807, 2.05) is 38.1 Å². The maximum absolute atomic E-state index is 12.9. The fourth-order valence-electron chi connectivity index (χ4n) is 3.05. The van der Waals surface area contributed by atoms with E-state index in [9.17, 15) is 9.59 Å². The molecule has 172 valence electrons. The highest BCUT2D eigenvalue weighted by Crippen LogP contribution is 2.29. The summed E-state index contributed by atoms with van der Waals surface area (Å²) in [5, 5.41) is 9.11. The maximum atomic E-state index is 12.9. The van der Waals surface area contributed by atoms with Crippen molar-refractivity contribution in [1.82, 2.24) is 4.98 Å². The molecule has 3 rings (SSSR count). The smallest absolute Gasteiger partial charge is 0.313 e. The second-order valence-corrected chi connectivity index (χ2v) is 8.77. The van der Waals surface area contributed by atoms with Crippen molar-refractivity contribution in [3.63, 3.8) is 0 Å². The topological polar surface area (TPSA) is 85.7 Å². The van der Waals surface area contributed by atoms with Crippen molar-refractivity contribution in [1.29, 1.82) is 0 Å². The Kier molecular flexibility index (Phi) is 8.74. The predicted molar refractivity (Wildman–Crippen MR) is 129 cm³/mol. The lowest BCUT2D eigenvalue weighted by atomic mass is 10.0. The van der Waals surface area contributed by atoms with E-state index >= 15 is 0 Å². The first kappa shape index (κ1) is 24.6. The highest BCUT2D eigenvalue weighted by Gasteiger charge is 2.21. The third-order valence-corrected chi connectivity index (χ3v) is 6.21. The lowest BCUT2D eigenvalue weighted by Crippen LogP contribution is -2.18. The van der Waals surface area contributed by atoms with Crippen molar-refractivity contribution in [2.75, 3.05) is 12.4 Å². The van der Waals surface area contributed by atoms with Crippen LogP contribution in [0.2, 0.25) is 5.02 Å². The van der Waals surface area contributed by atoms with Gasteiger partial charge in [-0.3, -0.25) is 9.59 Å². The summed E-state index contributed by atoms with van der Waals surface area (Å²) >= 11 is 7.59. The zero-order valence-corrected chi connectivity index (χ0v) is 19.9. The molecule has 1 aromatic heterocycles. The van der Waals surface area contributed by atoms with Crippen LogP contribution in [0.3, 0.4) is 0 Å². The van der Waals surface area contributed by atoms with Crippen LogP contribution in [0, 0.1) is 6.92 Å². The van der Waals surface area contributed by atoms with Crippen molar-refractivity contribution < 1.29 is 24.2 Å². The zero-order chi connectivity index (χ0) is 23.8. The van der Waals surface area contributed by atoms with Gasteiger partial charge in [-0.05, 0) is 43.7 Å². The van der Waals surface area contributed by atoms with Crippen LogP contribution in [0.1, 0.15) is 34.8 Å². The molecule has 1 heterocycles. The van der Waals surface area contributed by atoms with E-state index in [4.69, 9.17) is 26.2 Å². The first-order valence-electron chi connectivity index (χ1n) is 10.3. The summed E-state index contributed by atoms with van der Waals surface area (Å²) in [4.78, 5) is 28.8. The number of hydrogen-bond acceptors (Lipinski definition) is 6. The third kappa shape index (κ3) is 6.97. The molecule has 1 N–H and O–H groups in total. The molecule has 0 saturated carbocycles. The number of carboxylic acid groups (broad SMARTS) is 1. The van der Waals surface area contributed by atoms with Crippen molar-refractivity contribution in [2.45, 2.75) is 31.3 Å². The molecule has 0 aliphatic carbocycles. The number of aliphatic carboxylic acids is 1. The zero-order valence-electron chi connectivity index (χ0n) is 18.3. The minimum atomic E-state index is -0.850. The van der Waals surface area contributed by atoms with Crippen molar-refractivity contribution >= 4 is 35.1 Å². The molecular formula is C25H24ClNO5S. The number of carbonyl (C=O) groups is 2. The molecular weight excluding hydrogens is 462 g/mol. The molecule has 0 saturated heterocycles. The second kappa shape index (κ2) is 11.7. The van der Waals surface area contributed by atoms with Gasteiger partial charge in [0.25, 0.3) is 0 Å². The highest BCUT2D eigenvalue weighted by atomic mass is 35.5. The number of halogens is 1. The SMILES string of the molecule is Cc1cc(OCCC(C)Oc2nccc(Cl)c2C(=O)c2ccccc2)ccc1SCC(=O)O. The van der Waals surface area contributed by atoms with Gasteiger partial charge < -0.3 is 14.6 Å². The normalized spacial score (nSPS) is 11.6. The van der Waals surface area contributed by atoms with Gasteiger partial charge in [-0.15, -0.1) is 11.8 Å². The summed E-state index contributed by atoms with van der Waals surface area (Å²) < 4.78 is 11.8. The number of hydrogen-bond donors (Lipinski definition) is 1. The second-order valence-electron chi connectivity index (χ2n) is 7.34. The Balaban J connectivity index is 1.59. The Hall–Kier alpha value is -3.03. The Morgan fingerprint density at radius 1 is 1.15 bits per heavy atom.